The van der Waals surface area contributed by atoms with E-state index in [0.717, 1.165) is 35.5 Å². The standard InChI is InChI=1S/C61H68Cl2N4O17/c1-2-3-4-5-6-7-8-9-10-11-12-13-14-15-16-17-54(70)64-38-19-22-46(66(33-55(71)72)34-56(73)74)52(27-38)81-24-25-82-53-28-39(20-23-47(53)67(35-57(75)76)36-58(77)78)65-59(79)37-18-21-41-40(26-37)60(80)84-61(41)42-29-44(62)48(68)31-50(42)83-51-32-49(69)45(63)30-43(51)61/h18-23,26-32,68-69H,2-17,24-25,33-36H2,1H3,(H,64,70)(H,65,79)(H,71,72)(H,73,74)(H,75,76)(H,77,78). The molecular weight excluding hydrogens is 1130 g/mol. The van der Waals surface area contributed by atoms with Gasteiger partial charge in [0.15, 0.2) is 5.60 Å². The molecule has 23 heteroatoms. The van der Waals surface area contributed by atoms with Crippen molar-refractivity contribution in [1.29, 1.82) is 0 Å². The first-order valence-electron chi connectivity index (χ1n) is 27.9. The van der Waals surface area contributed by atoms with Crippen LogP contribution in [0, 0.1) is 0 Å². The number of hydrogen-bond acceptors (Lipinski definition) is 15. The highest BCUT2D eigenvalue weighted by Gasteiger charge is 2.54. The van der Waals surface area contributed by atoms with Crippen LogP contribution in [-0.4, -0.2) is 112 Å². The molecule has 0 saturated carbocycles. The van der Waals surface area contributed by atoms with Gasteiger partial charge in [-0.05, 0) is 55.0 Å². The number of amides is 2. The lowest BCUT2D eigenvalue weighted by Gasteiger charge is -2.36. The van der Waals surface area contributed by atoms with Crippen LogP contribution in [0.25, 0.3) is 0 Å². The number of anilines is 4. The second kappa shape index (κ2) is 29.7. The molecule has 2 amide bonds. The zero-order valence-electron chi connectivity index (χ0n) is 46.4. The Bertz CT molecular complexity index is 3160. The second-order valence-electron chi connectivity index (χ2n) is 20.6. The number of nitrogens with one attached hydrogen (secondary N) is 2. The van der Waals surface area contributed by atoms with E-state index in [0.29, 0.717) is 6.42 Å². The summed E-state index contributed by atoms with van der Waals surface area (Å²) in [5.41, 5.74) is -0.820. The van der Waals surface area contributed by atoms with Crippen LogP contribution in [0.15, 0.2) is 78.9 Å². The van der Waals surface area contributed by atoms with Gasteiger partial charge in [0.05, 0.1) is 27.0 Å². The zero-order valence-corrected chi connectivity index (χ0v) is 47.9. The SMILES string of the molecule is CCCCCCCCCCCCCCCCCC(=O)Nc1ccc(N(CC(=O)O)CC(=O)O)c(OCCOc2cc(NC(=O)c3ccc4c(c3)C(=O)OC43c4cc(Cl)c(O)cc4Oc4cc(O)c(Cl)cc43)ccc2N(CC(=O)O)CC(=O)O)c1. The highest BCUT2D eigenvalue weighted by atomic mass is 35.5. The van der Waals surface area contributed by atoms with Crippen molar-refractivity contribution in [2.75, 3.05) is 59.8 Å². The molecule has 7 rings (SSSR count). The number of carboxylic acids is 4. The highest BCUT2D eigenvalue weighted by molar-refractivity contribution is 6.32. The fourth-order valence-corrected chi connectivity index (χ4v) is 10.6. The summed E-state index contributed by atoms with van der Waals surface area (Å²) in [6.45, 7) is -1.50. The molecule has 0 fully saturated rings. The predicted octanol–water partition coefficient (Wildman–Crippen LogP) is 11.8. The third kappa shape index (κ3) is 16.4. The van der Waals surface area contributed by atoms with Gasteiger partial charge in [-0.3, -0.25) is 28.8 Å². The third-order valence-corrected chi connectivity index (χ3v) is 14.9. The maximum Gasteiger partial charge on any atom is 0.340 e. The molecule has 84 heavy (non-hydrogen) atoms. The summed E-state index contributed by atoms with van der Waals surface area (Å²) in [7, 11) is 0. The Morgan fingerprint density at radius 2 is 0.964 bits per heavy atom. The number of benzene rings is 5. The van der Waals surface area contributed by atoms with Crippen LogP contribution < -0.4 is 34.6 Å². The maximum absolute atomic E-state index is 14.1. The minimum Gasteiger partial charge on any atom is -0.506 e. The first kappa shape index (κ1) is 63.2. The number of unbranched alkanes of at least 4 members (excludes halogenated alkanes) is 14. The molecule has 5 aromatic carbocycles. The van der Waals surface area contributed by atoms with Gasteiger partial charge in [0.2, 0.25) is 5.91 Å². The number of rotatable bonds is 34. The molecule has 448 valence electrons. The molecule has 2 aliphatic heterocycles. The molecule has 8 N–H and O–H groups in total. The van der Waals surface area contributed by atoms with Gasteiger partial charge in [-0.2, -0.15) is 0 Å². The van der Waals surface area contributed by atoms with Crippen LogP contribution in [0.5, 0.6) is 34.5 Å². The molecule has 0 saturated heterocycles. The quantitative estimate of drug-likeness (QED) is 0.0140. The second-order valence-corrected chi connectivity index (χ2v) is 21.4. The molecule has 0 aliphatic carbocycles. The van der Waals surface area contributed by atoms with Gasteiger partial charge >= 0.3 is 29.8 Å². The van der Waals surface area contributed by atoms with Crippen molar-refractivity contribution in [3.63, 3.8) is 0 Å². The number of nitrogens with zero attached hydrogens (tertiary/aromatic N) is 2. The van der Waals surface area contributed by atoms with Crippen molar-refractivity contribution in [3.05, 3.63) is 117 Å². The minimum atomic E-state index is -1.77. The molecule has 0 radical (unpaired) electrons. The van der Waals surface area contributed by atoms with Crippen molar-refractivity contribution in [1.82, 2.24) is 0 Å². The summed E-state index contributed by atoms with van der Waals surface area (Å²) < 4.78 is 24.3. The van der Waals surface area contributed by atoms with Gasteiger partial charge in [0.1, 0.15) is 73.9 Å². The van der Waals surface area contributed by atoms with E-state index in [4.69, 9.17) is 42.1 Å². The lowest BCUT2D eigenvalue weighted by atomic mass is 9.77. The van der Waals surface area contributed by atoms with Gasteiger partial charge in [0, 0.05) is 64.3 Å². The molecule has 0 atom stereocenters. The normalized spacial score (nSPS) is 12.5. The molecule has 2 heterocycles. The van der Waals surface area contributed by atoms with E-state index >= 15 is 0 Å². The Kier molecular flexibility index (Phi) is 22.3. The number of phenols is 2. The molecular formula is C61H68Cl2N4O17. The average Bonchev–Trinajstić information content (AvgIpc) is 1.47. The van der Waals surface area contributed by atoms with E-state index in [1.165, 1.54) is 143 Å². The number of fused-ring (bicyclic) bond motifs is 6. The topological polar surface area (TPSA) is 308 Å². The van der Waals surface area contributed by atoms with E-state index in [2.05, 4.69) is 17.6 Å². The highest BCUT2D eigenvalue weighted by Crippen LogP contribution is 2.58. The molecule has 2 aliphatic rings. The number of halogens is 2. The summed E-state index contributed by atoms with van der Waals surface area (Å²) in [5.74, 6) is -8.04. The van der Waals surface area contributed by atoms with Crippen LogP contribution in [0.3, 0.4) is 0 Å². The number of aliphatic carboxylic acids is 4. The number of ether oxygens (including phenoxy) is 4. The van der Waals surface area contributed by atoms with Crippen LogP contribution >= 0.6 is 23.2 Å². The van der Waals surface area contributed by atoms with Crippen LogP contribution in [0.4, 0.5) is 22.7 Å². The van der Waals surface area contributed by atoms with E-state index in [-0.39, 0.29) is 121 Å². The Labute approximate surface area is 495 Å². The number of carbonyl (C=O) groups is 7. The smallest absolute Gasteiger partial charge is 0.340 e. The lowest BCUT2D eigenvalue weighted by molar-refractivity contribution is -0.138. The Morgan fingerprint density at radius 1 is 0.536 bits per heavy atom. The van der Waals surface area contributed by atoms with Gasteiger partial charge < -0.3 is 70.0 Å². The summed E-state index contributed by atoms with van der Waals surface area (Å²) in [6, 6.07) is 17.7. The van der Waals surface area contributed by atoms with Crippen LogP contribution in [-0.2, 0) is 34.3 Å². The summed E-state index contributed by atoms with van der Waals surface area (Å²) in [6.07, 6.45) is 17.9. The first-order valence-corrected chi connectivity index (χ1v) is 28.7. The van der Waals surface area contributed by atoms with Gasteiger partial charge in [0.25, 0.3) is 5.91 Å². The average molecular weight is 1200 g/mol. The Balaban J connectivity index is 1.05. The van der Waals surface area contributed by atoms with Crippen molar-refractivity contribution in [3.8, 4) is 34.5 Å². The molecule has 5 aromatic rings. The largest absolute Gasteiger partial charge is 0.506 e. The van der Waals surface area contributed by atoms with E-state index < -0.39 is 67.5 Å². The van der Waals surface area contributed by atoms with Crippen LogP contribution in [0.2, 0.25) is 10.0 Å². The van der Waals surface area contributed by atoms with Gasteiger partial charge in [-0.15, -0.1) is 0 Å². The van der Waals surface area contributed by atoms with Crippen molar-refractivity contribution >= 4 is 87.6 Å². The number of carboxylic acid groups (broad SMARTS) is 4. The fraction of sp³-hybridized carbons (Fsp3) is 0.393. The molecule has 0 unspecified atom stereocenters. The van der Waals surface area contributed by atoms with Crippen molar-refractivity contribution in [2.24, 2.45) is 0 Å². The maximum atomic E-state index is 14.1. The third-order valence-electron chi connectivity index (χ3n) is 14.3. The fourth-order valence-electron chi connectivity index (χ4n) is 10.3. The summed E-state index contributed by atoms with van der Waals surface area (Å²) >= 11 is 12.7. The van der Waals surface area contributed by atoms with E-state index in [1.54, 1.807) is 0 Å². The molecule has 21 nitrogen and oxygen atoms in total. The van der Waals surface area contributed by atoms with E-state index in [9.17, 15) is 64.2 Å². The monoisotopic (exact) mass is 1200 g/mol. The number of esters is 1. The predicted molar refractivity (Wildman–Crippen MR) is 313 cm³/mol. The van der Waals surface area contributed by atoms with Crippen LogP contribution in [0.1, 0.15) is 147 Å². The molecule has 0 aromatic heterocycles. The number of phenolic OH excluding ortho intramolecular Hbond substituents is 2. The number of carbonyl (C=O) groups excluding carboxylic acids is 3. The van der Waals surface area contributed by atoms with Gasteiger partial charge in [-0.25, -0.2) is 4.79 Å². The number of hydrogen-bond donors (Lipinski definition) is 8. The van der Waals surface area contributed by atoms with Crippen molar-refractivity contribution in [2.45, 2.75) is 115 Å². The first-order chi connectivity index (χ1) is 40.3. The molecule has 0 bridgehead atoms. The minimum absolute atomic E-state index is 0.0178. The number of aromatic hydroxyl groups is 2. The lowest BCUT2D eigenvalue weighted by Crippen LogP contribution is -2.35. The molecule has 1 spiro atoms. The summed E-state index contributed by atoms with van der Waals surface area (Å²) in [4.78, 5) is 90.9. The Hall–Kier alpha value is -8.43. The van der Waals surface area contributed by atoms with Crippen molar-refractivity contribution < 1.29 is 83.1 Å². The summed E-state index contributed by atoms with van der Waals surface area (Å²) in [5, 5.41) is 65.2. The van der Waals surface area contributed by atoms with E-state index in [1.807, 2.05) is 0 Å². The Morgan fingerprint density at radius 3 is 1.40 bits per heavy atom. The zero-order chi connectivity index (χ0) is 60.5. The van der Waals surface area contributed by atoms with Gasteiger partial charge in [-0.1, -0.05) is 126 Å².